The fourth-order valence-electron chi connectivity index (χ4n) is 3.03. The van der Waals surface area contributed by atoms with Crippen LogP contribution in [0.5, 0.6) is 0 Å². The van der Waals surface area contributed by atoms with Crippen molar-refractivity contribution in [3.63, 3.8) is 0 Å². The van der Waals surface area contributed by atoms with Crippen molar-refractivity contribution in [2.45, 2.75) is 57.8 Å². The molecule has 0 saturated carbocycles. The van der Waals surface area contributed by atoms with Crippen LogP contribution in [-0.2, 0) is 20.4 Å². The average molecular weight is 433 g/mol. The summed E-state index contributed by atoms with van der Waals surface area (Å²) in [7, 11) is -2.09. The summed E-state index contributed by atoms with van der Waals surface area (Å²) in [5.74, 6) is -0.904. The standard InChI is InChI=1S/C21H32N4O4Si/c1-21(2,3)30(4,5)29-14-17(11-12-23-24-22)19(26)25-18(15-28-20(25)27)13-16-9-7-6-8-10-16/h6-10,17-18H,11-15H2,1-5H3/t17-,18+/m1/s1. The molecule has 9 heteroatoms. The molecule has 0 aromatic heterocycles. The van der Waals surface area contributed by atoms with E-state index in [1.165, 1.54) is 4.90 Å². The number of carbonyl (C=O) groups is 2. The van der Waals surface area contributed by atoms with Crippen molar-refractivity contribution in [1.29, 1.82) is 0 Å². The second-order valence-electron chi connectivity index (χ2n) is 9.14. The Morgan fingerprint density at radius 1 is 1.37 bits per heavy atom. The highest BCUT2D eigenvalue weighted by Gasteiger charge is 2.42. The number of amides is 2. The van der Waals surface area contributed by atoms with Gasteiger partial charge in [-0.2, -0.15) is 0 Å². The van der Waals surface area contributed by atoms with Gasteiger partial charge in [0.2, 0.25) is 5.91 Å². The van der Waals surface area contributed by atoms with Gasteiger partial charge in [0.05, 0.1) is 12.0 Å². The third-order valence-corrected chi connectivity index (χ3v) is 10.5. The van der Waals surface area contributed by atoms with Gasteiger partial charge in [0, 0.05) is 18.1 Å². The van der Waals surface area contributed by atoms with E-state index >= 15 is 0 Å². The maximum Gasteiger partial charge on any atom is 0.416 e. The third kappa shape index (κ3) is 6.07. The van der Waals surface area contributed by atoms with Crippen LogP contribution in [0.3, 0.4) is 0 Å². The normalized spacial score (nSPS) is 18.0. The Hall–Kier alpha value is -2.35. The van der Waals surface area contributed by atoms with E-state index in [0.717, 1.165) is 5.56 Å². The fourth-order valence-corrected chi connectivity index (χ4v) is 4.08. The molecule has 1 saturated heterocycles. The number of nitrogens with zero attached hydrogens (tertiary/aromatic N) is 4. The van der Waals surface area contributed by atoms with Gasteiger partial charge in [-0.15, -0.1) is 0 Å². The Balaban J connectivity index is 2.17. The lowest BCUT2D eigenvalue weighted by Crippen LogP contribution is -2.47. The summed E-state index contributed by atoms with van der Waals surface area (Å²) in [6, 6.07) is 9.34. The lowest BCUT2D eigenvalue weighted by atomic mass is 10.0. The number of azide groups is 1. The van der Waals surface area contributed by atoms with Crippen LogP contribution < -0.4 is 0 Å². The molecule has 0 spiro atoms. The highest BCUT2D eigenvalue weighted by Crippen LogP contribution is 2.37. The Morgan fingerprint density at radius 3 is 2.63 bits per heavy atom. The summed E-state index contributed by atoms with van der Waals surface area (Å²) in [6.45, 7) is 11.1. The van der Waals surface area contributed by atoms with Gasteiger partial charge in [-0.25, -0.2) is 9.69 Å². The lowest BCUT2D eigenvalue weighted by Gasteiger charge is -2.37. The quantitative estimate of drug-likeness (QED) is 0.239. The minimum absolute atomic E-state index is 0.00613. The molecule has 2 atom stereocenters. The van der Waals surface area contributed by atoms with Gasteiger partial charge in [0.25, 0.3) is 0 Å². The van der Waals surface area contributed by atoms with Crippen LogP contribution in [0.4, 0.5) is 4.79 Å². The second-order valence-corrected chi connectivity index (χ2v) is 13.9. The Bertz CT molecular complexity index is 788. The summed E-state index contributed by atoms with van der Waals surface area (Å²) in [6.07, 6.45) is 0.228. The predicted molar refractivity (Wildman–Crippen MR) is 117 cm³/mol. The molecule has 8 nitrogen and oxygen atoms in total. The van der Waals surface area contributed by atoms with Gasteiger partial charge in [0.15, 0.2) is 8.32 Å². The maximum atomic E-state index is 13.3. The summed E-state index contributed by atoms with van der Waals surface area (Å²) in [4.78, 5) is 29.7. The van der Waals surface area contributed by atoms with Gasteiger partial charge in [0.1, 0.15) is 6.61 Å². The first-order valence-corrected chi connectivity index (χ1v) is 13.2. The number of cyclic esters (lactones) is 1. The van der Waals surface area contributed by atoms with Crippen LogP contribution in [-0.4, -0.2) is 51.0 Å². The summed E-state index contributed by atoms with van der Waals surface area (Å²) < 4.78 is 11.5. The molecule has 1 heterocycles. The van der Waals surface area contributed by atoms with Crippen LogP contribution in [0.2, 0.25) is 18.1 Å². The molecule has 0 radical (unpaired) electrons. The molecular formula is C21H32N4O4Si. The first-order valence-electron chi connectivity index (χ1n) is 10.3. The summed E-state index contributed by atoms with van der Waals surface area (Å²) >= 11 is 0. The number of hydrogen-bond acceptors (Lipinski definition) is 5. The van der Waals surface area contributed by atoms with Crippen molar-refractivity contribution in [1.82, 2.24) is 4.90 Å². The molecule has 164 valence electrons. The van der Waals surface area contributed by atoms with Crippen molar-refractivity contribution in [3.05, 3.63) is 46.3 Å². The predicted octanol–water partition coefficient (Wildman–Crippen LogP) is 4.91. The zero-order valence-electron chi connectivity index (χ0n) is 18.5. The first-order chi connectivity index (χ1) is 14.1. The van der Waals surface area contributed by atoms with E-state index in [-0.39, 0.29) is 36.7 Å². The lowest BCUT2D eigenvalue weighted by molar-refractivity contribution is -0.134. The van der Waals surface area contributed by atoms with Crippen LogP contribution in [0.15, 0.2) is 35.4 Å². The Kier molecular flexibility index (Phi) is 8.06. The monoisotopic (exact) mass is 432 g/mol. The number of imide groups is 1. The van der Waals surface area contributed by atoms with Crippen molar-refractivity contribution in [3.8, 4) is 0 Å². The molecule has 2 amide bonds. The molecule has 30 heavy (non-hydrogen) atoms. The van der Waals surface area contributed by atoms with Crippen molar-refractivity contribution >= 4 is 20.3 Å². The number of carbonyl (C=O) groups excluding carboxylic acids is 2. The zero-order chi connectivity index (χ0) is 22.4. The van der Waals surface area contributed by atoms with Crippen molar-refractivity contribution in [2.75, 3.05) is 19.8 Å². The SMILES string of the molecule is CC(C)(C)[Si](C)(C)OC[C@@H](CCN=[N+]=[N-])C(=O)N1C(=O)OC[C@@H]1Cc1ccccc1. The van der Waals surface area contributed by atoms with E-state index in [4.69, 9.17) is 14.7 Å². The topological polar surface area (TPSA) is 105 Å². The third-order valence-electron chi connectivity index (χ3n) is 5.95. The van der Waals surface area contributed by atoms with Gasteiger partial charge in [-0.1, -0.05) is 56.2 Å². The average Bonchev–Trinajstić information content (AvgIpc) is 3.04. The number of ether oxygens (including phenoxy) is 1. The molecule has 1 fully saturated rings. The van der Waals surface area contributed by atoms with E-state index in [1.807, 2.05) is 30.3 Å². The van der Waals surface area contributed by atoms with Gasteiger partial charge >= 0.3 is 6.09 Å². The number of benzene rings is 1. The Morgan fingerprint density at radius 2 is 2.03 bits per heavy atom. The molecule has 1 aliphatic rings. The molecule has 0 N–H and O–H groups in total. The molecule has 1 aliphatic heterocycles. The highest BCUT2D eigenvalue weighted by atomic mass is 28.4. The van der Waals surface area contributed by atoms with E-state index in [2.05, 4.69) is 43.9 Å². The number of hydrogen-bond donors (Lipinski definition) is 0. The first kappa shape index (κ1) is 23.9. The summed E-state index contributed by atoms with van der Waals surface area (Å²) in [5, 5.41) is 3.56. The van der Waals surface area contributed by atoms with Crippen LogP contribution in [0.25, 0.3) is 10.4 Å². The van der Waals surface area contributed by atoms with Crippen LogP contribution >= 0.6 is 0 Å². The molecule has 1 aromatic carbocycles. The minimum atomic E-state index is -2.09. The summed E-state index contributed by atoms with van der Waals surface area (Å²) in [5.41, 5.74) is 9.64. The molecule has 1 aromatic rings. The highest BCUT2D eigenvalue weighted by molar-refractivity contribution is 6.74. The van der Waals surface area contributed by atoms with Crippen LogP contribution in [0, 0.1) is 5.92 Å². The maximum absolute atomic E-state index is 13.3. The molecule has 2 rings (SSSR count). The zero-order valence-corrected chi connectivity index (χ0v) is 19.5. The van der Waals surface area contributed by atoms with Gasteiger partial charge in [-0.05, 0) is 42.1 Å². The fraction of sp³-hybridized carbons (Fsp3) is 0.619. The van der Waals surface area contributed by atoms with Gasteiger partial charge in [-0.3, -0.25) is 4.79 Å². The second kappa shape index (κ2) is 10.1. The smallest absolute Gasteiger partial charge is 0.416 e. The Labute approximate surface area is 179 Å². The minimum Gasteiger partial charge on any atom is -0.447 e. The van der Waals surface area contributed by atoms with E-state index in [0.29, 0.717) is 12.8 Å². The molecule has 0 bridgehead atoms. The molecule has 0 aliphatic carbocycles. The molecule has 0 unspecified atom stereocenters. The van der Waals surface area contributed by atoms with Crippen LogP contribution in [0.1, 0.15) is 32.8 Å². The van der Waals surface area contributed by atoms with E-state index < -0.39 is 20.3 Å². The van der Waals surface area contributed by atoms with E-state index in [9.17, 15) is 9.59 Å². The van der Waals surface area contributed by atoms with E-state index in [1.54, 1.807) is 0 Å². The molecular weight excluding hydrogens is 400 g/mol. The van der Waals surface area contributed by atoms with Crippen molar-refractivity contribution < 1.29 is 18.8 Å². The largest absolute Gasteiger partial charge is 0.447 e. The van der Waals surface area contributed by atoms with Gasteiger partial charge < -0.3 is 9.16 Å². The number of rotatable bonds is 9. The van der Waals surface area contributed by atoms with Crippen molar-refractivity contribution in [2.24, 2.45) is 11.0 Å².